The molecule has 0 amide bonds. The highest BCUT2D eigenvalue weighted by molar-refractivity contribution is 6.25. The summed E-state index contributed by atoms with van der Waals surface area (Å²) in [6, 6.07) is 22.8. The van der Waals surface area contributed by atoms with Gasteiger partial charge < -0.3 is 0 Å². The fraction of sp³-hybridized carbons (Fsp3) is 0.0909. The summed E-state index contributed by atoms with van der Waals surface area (Å²) in [5, 5.41) is 5.90. The summed E-state index contributed by atoms with van der Waals surface area (Å²) >= 11 is 0. The lowest BCUT2D eigenvalue weighted by atomic mass is 9.84. The van der Waals surface area contributed by atoms with Crippen LogP contribution in [-0.2, 0) is 12.8 Å². The molecule has 0 saturated carbocycles. The average Bonchev–Trinajstić information content (AvgIpc) is 2.90. The topological polar surface area (TPSA) is 0 Å². The number of aryl methyl sites for hydroxylation is 2. The van der Waals surface area contributed by atoms with Gasteiger partial charge in [0.25, 0.3) is 0 Å². The van der Waals surface area contributed by atoms with Crippen LogP contribution in [0.3, 0.4) is 0 Å². The van der Waals surface area contributed by atoms with E-state index in [1.54, 1.807) is 0 Å². The third-order valence-corrected chi connectivity index (χ3v) is 5.46. The minimum Gasteiger partial charge on any atom is -0.0616 e. The number of fused-ring (bicyclic) bond motifs is 3. The van der Waals surface area contributed by atoms with Crippen LogP contribution in [0.4, 0.5) is 0 Å². The maximum Gasteiger partial charge on any atom is -0.00170 e. The first kappa shape index (κ1) is 11.0. The van der Waals surface area contributed by atoms with Crippen LogP contribution in [0.2, 0.25) is 0 Å². The molecular weight excluding hydrogens is 264 g/mol. The molecule has 2 aliphatic rings. The molecule has 0 unspecified atom stereocenters. The number of hydrogen-bond donors (Lipinski definition) is 0. The van der Waals surface area contributed by atoms with E-state index >= 15 is 0 Å². The van der Waals surface area contributed by atoms with Crippen LogP contribution in [0.1, 0.15) is 11.1 Å². The minimum atomic E-state index is 1.17. The highest BCUT2D eigenvalue weighted by atomic mass is 14.3. The van der Waals surface area contributed by atoms with E-state index in [9.17, 15) is 0 Å². The molecule has 22 heavy (non-hydrogen) atoms. The smallest absolute Gasteiger partial charge is 0.00170 e. The van der Waals surface area contributed by atoms with Crippen molar-refractivity contribution in [1.29, 1.82) is 0 Å². The largest absolute Gasteiger partial charge is 0.0616 e. The monoisotopic (exact) mass is 278 g/mol. The zero-order valence-corrected chi connectivity index (χ0v) is 12.2. The first-order valence-electron chi connectivity index (χ1n) is 8.02. The fourth-order valence-electron chi connectivity index (χ4n) is 4.56. The molecule has 0 nitrogen and oxygen atoms in total. The summed E-state index contributed by atoms with van der Waals surface area (Å²) in [6.45, 7) is 0. The normalized spacial score (nSPS) is 14.0. The summed E-state index contributed by atoms with van der Waals surface area (Å²) in [5.41, 5.74) is 8.68. The van der Waals surface area contributed by atoms with E-state index in [0.717, 1.165) is 0 Å². The molecule has 102 valence electrons. The lowest BCUT2D eigenvalue weighted by Gasteiger charge is -2.19. The summed E-state index contributed by atoms with van der Waals surface area (Å²) in [4.78, 5) is 0. The number of hydrogen-bond acceptors (Lipinski definition) is 0. The van der Waals surface area contributed by atoms with E-state index in [2.05, 4.69) is 60.7 Å². The zero-order chi connectivity index (χ0) is 14.3. The molecule has 4 aromatic carbocycles. The molecule has 0 N–H and O–H groups in total. The lowest BCUT2D eigenvalue weighted by Crippen LogP contribution is -2.01. The van der Waals surface area contributed by atoms with Gasteiger partial charge in [-0.2, -0.15) is 0 Å². The van der Waals surface area contributed by atoms with Crippen molar-refractivity contribution >= 4 is 21.5 Å². The maximum atomic E-state index is 2.41. The third kappa shape index (κ3) is 1.13. The van der Waals surface area contributed by atoms with E-state index in [1.165, 1.54) is 67.8 Å². The van der Waals surface area contributed by atoms with Crippen LogP contribution in [0, 0.1) is 0 Å². The van der Waals surface area contributed by atoms with E-state index in [4.69, 9.17) is 0 Å². The minimum absolute atomic E-state index is 1.17. The SMILES string of the molecule is c1ccc2c(c1)-c1ccc3c4c1c-2cc1cccc(c14)CC3. The van der Waals surface area contributed by atoms with Crippen LogP contribution in [0.25, 0.3) is 43.8 Å². The van der Waals surface area contributed by atoms with Crippen molar-refractivity contribution in [1.82, 2.24) is 0 Å². The third-order valence-electron chi connectivity index (χ3n) is 5.46. The Hall–Kier alpha value is -2.60. The van der Waals surface area contributed by atoms with Crippen LogP contribution in [-0.4, -0.2) is 0 Å². The fourth-order valence-corrected chi connectivity index (χ4v) is 4.56. The molecule has 2 aliphatic carbocycles. The van der Waals surface area contributed by atoms with Gasteiger partial charge in [0.05, 0.1) is 0 Å². The molecular formula is C22H14. The van der Waals surface area contributed by atoms with Gasteiger partial charge in [-0.05, 0) is 73.8 Å². The van der Waals surface area contributed by atoms with E-state index in [1.807, 2.05) is 0 Å². The standard InChI is InChI=1S/C22H14/c1-2-7-17-16(6-1)18-11-10-14-9-8-13-4-3-5-15-12-19(17)22(18)21(14)20(13)15/h1-7,10-12H,8-9H2. The first-order chi connectivity index (χ1) is 10.9. The molecule has 6 rings (SSSR count). The highest BCUT2D eigenvalue weighted by Crippen LogP contribution is 2.51. The summed E-state index contributed by atoms with van der Waals surface area (Å²) < 4.78 is 0. The van der Waals surface area contributed by atoms with Crippen molar-refractivity contribution in [3.05, 3.63) is 71.8 Å². The molecule has 0 radical (unpaired) electrons. The second-order valence-corrected chi connectivity index (χ2v) is 6.51. The lowest BCUT2D eigenvalue weighted by molar-refractivity contribution is 0.968. The Morgan fingerprint density at radius 1 is 0.500 bits per heavy atom. The Labute approximate surface area is 129 Å². The van der Waals surface area contributed by atoms with Gasteiger partial charge in [-0.3, -0.25) is 0 Å². The Bertz CT molecular complexity index is 1120. The van der Waals surface area contributed by atoms with Crippen LogP contribution < -0.4 is 0 Å². The predicted octanol–water partition coefficient (Wildman–Crippen LogP) is 5.74. The number of rotatable bonds is 0. The molecule has 0 aromatic heterocycles. The van der Waals surface area contributed by atoms with Gasteiger partial charge in [0.2, 0.25) is 0 Å². The van der Waals surface area contributed by atoms with Crippen molar-refractivity contribution in [2.45, 2.75) is 12.8 Å². The van der Waals surface area contributed by atoms with Gasteiger partial charge in [-0.25, -0.2) is 0 Å². The number of benzene rings is 4. The molecule has 0 heterocycles. The molecule has 0 aliphatic heterocycles. The Balaban J connectivity index is 1.98. The van der Waals surface area contributed by atoms with E-state index in [-0.39, 0.29) is 0 Å². The predicted molar refractivity (Wildman–Crippen MR) is 93.3 cm³/mol. The molecule has 0 bridgehead atoms. The maximum absolute atomic E-state index is 2.41. The van der Waals surface area contributed by atoms with Gasteiger partial charge >= 0.3 is 0 Å². The van der Waals surface area contributed by atoms with Gasteiger partial charge in [0, 0.05) is 0 Å². The summed E-state index contributed by atoms with van der Waals surface area (Å²) in [6.07, 6.45) is 2.34. The Kier molecular flexibility index (Phi) is 1.80. The summed E-state index contributed by atoms with van der Waals surface area (Å²) in [5.74, 6) is 0. The summed E-state index contributed by atoms with van der Waals surface area (Å²) in [7, 11) is 0. The van der Waals surface area contributed by atoms with Crippen molar-refractivity contribution < 1.29 is 0 Å². The zero-order valence-electron chi connectivity index (χ0n) is 12.2. The Morgan fingerprint density at radius 3 is 2.14 bits per heavy atom. The average molecular weight is 278 g/mol. The van der Waals surface area contributed by atoms with Gasteiger partial charge in [-0.1, -0.05) is 54.6 Å². The van der Waals surface area contributed by atoms with E-state index in [0.29, 0.717) is 0 Å². The van der Waals surface area contributed by atoms with Crippen LogP contribution in [0.15, 0.2) is 60.7 Å². The molecule has 4 aromatic rings. The molecule has 0 atom stereocenters. The second-order valence-electron chi connectivity index (χ2n) is 6.51. The van der Waals surface area contributed by atoms with Crippen molar-refractivity contribution in [3.63, 3.8) is 0 Å². The highest BCUT2D eigenvalue weighted by Gasteiger charge is 2.25. The second kappa shape index (κ2) is 3.59. The Morgan fingerprint density at radius 2 is 1.27 bits per heavy atom. The molecule has 0 spiro atoms. The molecule has 0 fully saturated rings. The van der Waals surface area contributed by atoms with Crippen molar-refractivity contribution in [3.8, 4) is 22.3 Å². The molecule has 0 heteroatoms. The first-order valence-corrected chi connectivity index (χ1v) is 8.02. The van der Waals surface area contributed by atoms with Crippen LogP contribution >= 0.6 is 0 Å². The quantitative estimate of drug-likeness (QED) is 0.317. The molecule has 0 saturated heterocycles. The van der Waals surface area contributed by atoms with Gasteiger partial charge in [-0.15, -0.1) is 0 Å². The van der Waals surface area contributed by atoms with Gasteiger partial charge in [0.15, 0.2) is 0 Å². The van der Waals surface area contributed by atoms with E-state index < -0.39 is 0 Å². The van der Waals surface area contributed by atoms with Crippen LogP contribution in [0.5, 0.6) is 0 Å². The van der Waals surface area contributed by atoms with Gasteiger partial charge in [0.1, 0.15) is 0 Å². The van der Waals surface area contributed by atoms with Crippen molar-refractivity contribution in [2.24, 2.45) is 0 Å². The van der Waals surface area contributed by atoms with Crippen molar-refractivity contribution in [2.75, 3.05) is 0 Å².